The summed E-state index contributed by atoms with van der Waals surface area (Å²) in [5.41, 5.74) is 1.06. The molecule has 0 aromatic heterocycles. The fourth-order valence-corrected chi connectivity index (χ4v) is 1.08. The van der Waals surface area contributed by atoms with Crippen molar-refractivity contribution in [3.63, 3.8) is 0 Å². The molecule has 0 aliphatic rings. The molecule has 0 heterocycles. The average Bonchev–Trinajstić information content (AvgIpc) is 2.11. The van der Waals surface area contributed by atoms with Crippen molar-refractivity contribution in [2.24, 2.45) is 0 Å². The van der Waals surface area contributed by atoms with Crippen molar-refractivity contribution in [3.05, 3.63) is 28.8 Å². The van der Waals surface area contributed by atoms with Crippen molar-refractivity contribution < 1.29 is 9.47 Å². The fourth-order valence-electron chi connectivity index (χ4n) is 0.918. The summed E-state index contributed by atoms with van der Waals surface area (Å²) in [6, 6.07) is 5.55. The third-order valence-electron chi connectivity index (χ3n) is 1.65. The first-order valence-electron chi connectivity index (χ1n) is 4.20. The van der Waals surface area contributed by atoms with Crippen LogP contribution >= 0.6 is 11.6 Å². The largest absolute Gasteiger partial charge is 0.467 e. The molecule has 0 saturated carbocycles. The monoisotopic (exact) mass is 200 g/mol. The second-order valence-electron chi connectivity index (χ2n) is 2.66. The van der Waals surface area contributed by atoms with Crippen LogP contribution in [0.25, 0.3) is 0 Å². The van der Waals surface area contributed by atoms with Crippen molar-refractivity contribution in [1.29, 1.82) is 0 Å². The highest BCUT2D eigenvalue weighted by Gasteiger charge is 1.99. The number of aryl methyl sites for hydroxylation is 1. The fraction of sp³-hybridized carbons (Fsp3) is 0.400. The predicted molar refractivity (Wildman–Crippen MR) is 53.3 cm³/mol. The SMILES string of the molecule is CCOCOc1cc(Cl)ccc1C. The van der Waals surface area contributed by atoms with Gasteiger partial charge in [0.05, 0.1) is 0 Å². The molecule has 72 valence electrons. The second kappa shape index (κ2) is 5.10. The maximum absolute atomic E-state index is 5.81. The molecule has 2 nitrogen and oxygen atoms in total. The lowest BCUT2D eigenvalue weighted by atomic mass is 10.2. The summed E-state index contributed by atoms with van der Waals surface area (Å²) in [5.74, 6) is 0.779. The zero-order valence-electron chi connectivity index (χ0n) is 7.84. The molecule has 0 aliphatic carbocycles. The van der Waals surface area contributed by atoms with Gasteiger partial charge in [-0.25, -0.2) is 0 Å². The van der Waals surface area contributed by atoms with E-state index in [0.717, 1.165) is 11.3 Å². The van der Waals surface area contributed by atoms with Crippen LogP contribution in [0.3, 0.4) is 0 Å². The maximum Gasteiger partial charge on any atom is 0.189 e. The predicted octanol–water partition coefficient (Wildman–Crippen LogP) is 3.02. The van der Waals surface area contributed by atoms with Gasteiger partial charge in [0.2, 0.25) is 0 Å². The highest BCUT2D eigenvalue weighted by atomic mass is 35.5. The van der Waals surface area contributed by atoms with Crippen molar-refractivity contribution in [2.75, 3.05) is 13.4 Å². The standard InChI is InChI=1S/C10H13ClO2/c1-3-12-7-13-10-6-9(11)5-4-8(10)2/h4-6H,3,7H2,1-2H3. The smallest absolute Gasteiger partial charge is 0.189 e. The van der Waals surface area contributed by atoms with Gasteiger partial charge < -0.3 is 9.47 Å². The Balaban J connectivity index is 2.59. The van der Waals surface area contributed by atoms with Crippen LogP contribution in [0.2, 0.25) is 5.02 Å². The first-order chi connectivity index (χ1) is 6.24. The Morgan fingerprint density at radius 1 is 1.38 bits per heavy atom. The van der Waals surface area contributed by atoms with Gasteiger partial charge in [0, 0.05) is 11.6 Å². The first-order valence-corrected chi connectivity index (χ1v) is 4.58. The normalized spacial score (nSPS) is 10.1. The maximum atomic E-state index is 5.81. The quantitative estimate of drug-likeness (QED) is 0.550. The molecule has 0 aliphatic heterocycles. The molecule has 0 bridgehead atoms. The molecule has 0 atom stereocenters. The van der Waals surface area contributed by atoms with E-state index in [-0.39, 0.29) is 6.79 Å². The minimum absolute atomic E-state index is 0.275. The van der Waals surface area contributed by atoms with Crippen LogP contribution in [0.5, 0.6) is 5.75 Å². The number of ether oxygens (including phenoxy) is 2. The van der Waals surface area contributed by atoms with Crippen molar-refractivity contribution in [2.45, 2.75) is 13.8 Å². The van der Waals surface area contributed by atoms with Gasteiger partial charge in [-0.2, -0.15) is 0 Å². The van der Waals surface area contributed by atoms with Gasteiger partial charge in [-0.3, -0.25) is 0 Å². The van der Waals surface area contributed by atoms with Crippen LogP contribution < -0.4 is 4.74 Å². The van der Waals surface area contributed by atoms with Gasteiger partial charge in [-0.05, 0) is 31.5 Å². The lowest BCUT2D eigenvalue weighted by molar-refractivity contribution is 0.0220. The molecule has 1 aromatic rings. The van der Waals surface area contributed by atoms with Gasteiger partial charge in [0.1, 0.15) is 5.75 Å². The van der Waals surface area contributed by atoms with Crippen LogP contribution in [0.15, 0.2) is 18.2 Å². The van der Waals surface area contributed by atoms with E-state index >= 15 is 0 Å². The van der Waals surface area contributed by atoms with Crippen molar-refractivity contribution in [1.82, 2.24) is 0 Å². The highest BCUT2D eigenvalue weighted by molar-refractivity contribution is 6.30. The van der Waals surface area contributed by atoms with Gasteiger partial charge in [-0.15, -0.1) is 0 Å². The Bertz CT molecular complexity index is 274. The van der Waals surface area contributed by atoms with Crippen molar-refractivity contribution >= 4 is 11.6 Å². The number of hydrogen-bond acceptors (Lipinski definition) is 2. The minimum Gasteiger partial charge on any atom is -0.467 e. The van der Waals surface area contributed by atoms with Gasteiger partial charge in [0.15, 0.2) is 6.79 Å². The molecule has 0 fully saturated rings. The molecule has 0 spiro atoms. The second-order valence-corrected chi connectivity index (χ2v) is 3.10. The van der Waals surface area contributed by atoms with E-state index in [1.54, 1.807) is 6.07 Å². The average molecular weight is 201 g/mol. The summed E-state index contributed by atoms with van der Waals surface area (Å²) in [4.78, 5) is 0. The molecular formula is C10H13ClO2. The van der Waals surface area contributed by atoms with E-state index < -0.39 is 0 Å². The number of benzene rings is 1. The molecular weight excluding hydrogens is 188 g/mol. The van der Waals surface area contributed by atoms with Gasteiger partial charge in [-0.1, -0.05) is 17.7 Å². The Morgan fingerprint density at radius 2 is 2.15 bits per heavy atom. The van der Waals surface area contributed by atoms with E-state index in [9.17, 15) is 0 Å². The molecule has 0 unspecified atom stereocenters. The van der Waals surface area contributed by atoms with Crippen LogP contribution in [0, 0.1) is 6.92 Å². The van der Waals surface area contributed by atoms with E-state index in [1.165, 1.54) is 0 Å². The van der Waals surface area contributed by atoms with Crippen LogP contribution in [0.1, 0.15) is 12.5 Å². The van der Waals surface area contributed by atoms with Crippen LogP contribution in [-0.2, 0) is 4.74 Å². The van der Waals surface area contributed by atoms with E-state index in [4.69, 9.17) is 21.1 Å². The molecule has 1 rings (SSSR count). The first kappa shape index (κ1) is 10.4. The molecule has 0 amide bonds. The third kappa shape index (κ3) is 3.25. The Morgan fingerprint density at radius 3 is 2.85 bits per heavy atom. The molecule has 0 saturated heterocycles. The lowest BCUT2D eigenvalue weighted by Crippen LogP contribution is -2.02. The third-order valence-corrected chi connectivity index (χ3v) is 1.89. The molecule has 0 N–H and O–H groups in total. The van der Waals surface area contributed by atoms with E-state index in [2.05, 4.69) is 0 Å². The van der Waals surface area contributed by atoms with Gasteiger partial charge in [0.25, 0.3) is 0 Å². The summed E-state index contributed by atoms with van der Waals surface area (Å²) in [7, 11) is 0. The van der Waals surface area contributed by atoms with Crippen LogP contribution in [-0.4, -0.2) is 13.4 Å². The summed E-state index contributed by atoms with van der Waals surface area (Å²) in [5, 5.41) is 0.678. The molecule has 3 heteroatoms. The molecule has 1 aromatic carbocycles. The zero-order valence-corrected chi connectivity index (χ0v) is 8.60. The zero-order chi connectivity index (χ0) is 9.68. The Labute approximate surface area is 83.4 Å². The molecule has 13 heavy (non-hydrogen) atoms. The summed E-state index contributed by atoms with van der Waals surface area (Å²) < 4.78 is 10.4. The summed E-state index contributed by atoms with van der Waals surface area (Å²) >= 11 is 5.81. The van der Waals surface area contributed by atoms with Crippen LogP contribution in [0.4, 0.5) is 0 Å². The highest BCUT2D eigenvalue weighted by Crippen LogP contribution is 2.22. The van der Waals surface area contributed by atoms with E-state index in [0.29, 0.717) is 11.6 Å². The lowest BCUT2D eigenvalue weighted by Gasteiger charge is -2.08. The summed E-state index contributed by atoms with van der Waals surface area (Å²) in [6.07, 6.45) is 0. The number of halogens is 1. The molecule has 0 radical (unpaired) electrons. The number of hydrogen-bond donors (Lipinski definition) is 0. The Kier molecular flexibility index (Phi) is 4.06. The summed E-state index contributed by atoms with van der Waals surface area (Å²) in [6.45, 7) is 4.82. The number of rotatable bonds is 4. The van der Waals surface area contributed by atoms with Crippen molar-refractivity contribution in [3.8, 4) is 5.75 Å². The Hall–Kier alpha value is -0.730. The minimum atomic E-state index is 0.275. The van der Waals surface area contributed by atoms with Gasteiger partial charge >= 0.3 is 0 Å². The van der Waals surface area contributed by atoms with E-state index in [1.807, 2.05) is 26.0 Å². The topological polar surface area (TPSA) is 18.5 Å².